The second-order valence-electron chi connectivity index (χ2n) is 6.24. The quantitative estimate of drug-likeness (QED) is 0.767. The van der Waals surface area contributed by atoms with Crippen LogP contribution in [0.25, 0.3) is 0 Å². The van der Waals surface area contributed by atoms with Crippen molar-refractivity contribution in [1.82, 2.24) is 15.0 Å². The summed E-state index contributed by atoms with van der Waals surface area (Å²) in [5.74, 6) is 2.07. The number of aryl methyl sites for hydroxylation is 1. The third-order valence-corrected chi connectivity index (χ3v) is 4.45. The molecule has 0 fully saturated rings. The SMILES string of the molecule is Cc1ccnc(Nc2ncnc(N3CCc4ccccc4C3)c2N)c1. The molecule has 0 saturated carbocycles. The summed E-state index contributed by atoms with van der Waals surface area (Å²) in [7, 11) is 0. The lowest BCUT2D eigenvalue weighted by molar-refractivity contribution is 0.721. The first kappa shape index (κ1) is 15.4. The second-order valence-corrected chi connectivity index (χ2v) is 6.24. The monoisotopic (exact) mass is 332 g/mol. The number of hydrogen-bond donors (Lipinski definition) is 2. The zero-order valence-electron chi connectivity index (χ0n) is 14.1. The smallest absolute Gasteiger partial charge is 0.160 e. The molecular formula is C19H20N6. The Morgan fingerprint density at radius 2 is 1.92 bits per heavy atom. The Morgan fingerprint density at radius 1 is 1.08 bits per heavy atom. The van der Waals surface area contributed by atoms with Gasteiger partial charge in [-0.25, -0.2) is 15.0 Å². The summed E-state index contributed by atoms with van der Waals surface area (Å²) in [6, 6.07) is 12.4. The van der Waals surface area contributed by atoms with Crippen LogP contribution in [0.5, 0.6) is 0 Å². The molecule has 3 heterocycles. The number of benzene rings is 1. The first-order valence-corrected chi connectivity index (χ1v) is 8.32. The number of anilines is 4. The van der Waals surface area contributed by atoms with Gasteiger partial charge in [0.15, 0.2) is 11.6 Å². The topological polar surface area (TPSA) is 80.0 Å². The average molecular weight is 332 g/mol. The molecule has 6 heteroatoms. The van der Waals surface area contributed by atoms with E-state index >= 15 is 0 Å². The first-order valence-electron chi connectivity index (χ1n) is 8.32. The normalized spacial score (nSPS) is 13.4. The van der Waals surface area contributed by atoms with Gasteiger partial charge in [-0.1, -0.05) is 24.3 Å². The number of rotatable bonds is 3. The molecule has 0 atom stereocenters. The number of aromatic nitrogens is 3. The number of nitrogen functional groups attached to an aromatic ring is 1. The van der Waals surface area contributed by atoms with E-state index in [2.05, 4.69) is 49.4 Å². The van der Waals surface area contributed by atoms with E-state index in [0.29, 0.717) is 11.5 Å². The summed E-state index contributed by atoms with van der Waals surface area (Å²) in [5.41, 5.74) is 10.8. The molecule has 0 amide bonds. The molecule has 2 aromatic heterocycles. The lowest BCUT2D eigenvalue weighted by atomic mass is 10.00. The van der Waals surface area contributed by atoms with Crippen molar-refractivity contribution in [3.63, 3.8) is 0 Å². The van der Waals surface area contributed by atoms with Gasteiger partial charge in [0, 0.05) is 19.3 Å². The van der Waals surface area contributed by atoms with Crippen molar-refractivity contribution >= 4 is 23.1 Å². The zero-order valence-corrected chi connectivity index (χ0v) is 14.1. The van der Waals surface area contributed by atoms with Crippen molar-refractivity contribution < 1.29 is 0 Å². The molecule has 0 radical (unpaired) electrons. The van der Waals surface area contributed by atoms with Crippen molar-refractivity contribution in [2.75, 3.05) is 22.5 Å². The molecule has 3 N–H and O–H groups in total. The van der Waals surface area contributed by atoms with Crippen LogP contribution in [0.3, 0.4) is 0 Å². The molecule has 1 aromatic carbocycles. The molecule has 6 nitrogen and oxygen atoms in total. The number of fused-ring (bicyclic) bond motifs is 1. The van der Waals surface area contributed by atoms with E-state index in [9.17, 15) is 0 Å². The van der Waals surface area contributed by atoms with Crippen LogP contribution in [-0.2, 0) is 13.0 Å². The van der Waals surface area contributed by atoms with Gasteiger partial charge in [-0.15, -0.1) is 0 Å². The third-order valence-electron chi connectivity index (χ3n) is 4.45. The van der Waals surface area contributed by atoms with Gasteiger partial charge in [-0.05, 0) is 42.2 Å². The molecule has 3 aromatic rings. The van der Waals surface area contributed by atoms with Gasteiger partial charge in [0.05, 0.1) is 0 Å². The maximum Gasteiger partial charge on any atom is 0.160 e. The fourth-order valence-electron chi connectivity index (χ4n) is 3.14. The Hall–Kier alpha value is -3.15. The van der Waals surface area contributed by atoms with Crippen molar-refractivity contribution in [2.24, 2.45) is 0 Å². The minimum absolute atomic E-state index is 0.546. The first-order chi connectivity index (χ1) is 12.2. The van der Waals surface area contributed by atoms with Gasteiger partial charge in [0.2, 0.25) is 0 Å². The standard InChI is InChI=1S/C19H20N6/c1-13-6-8-21-16(10-13)24-18-17(20)19(23-12-22-18)25-9-7-14-4-2-3-5-15(14)11-25/h2-6,8,10,12H,7,9,11,20H2,1H3,(H,21,22,23,24). The molecule has 25 heavy (non-hydrogen) atoms. The summed E-state index contributed by atoms with van der Waals surface area (Å²) in [6.07, 6.45) is 4.30. The highest BCUT2D eigenvalue weighted by Crippen LogP contribution is 2.31. The highest BCUT2D eigenvalue weighted by atomic mass is 15.2. The minimum atomic E-state index is 0.546. The Kier molecular flexibility index (Phi) is 3.93. The zero-order chi connectivity index (χ0) is 17.2. The number of hydrogen-bond acceptors (Lipinski definition) is 6. The van der Waals surface area contributed by atoms with Crippen LogP contribution < -0.4 is 16.0 Å². The summed E-state index contributed by atoms with van der Waals surface area (Å²) >= 11 is 0. The minimum Gasteiger partial charge on any atom is -0.393 e. The maximum absolute atomic E-state index is 6.36. The fourth-order valence-corrected chi connectivity index (χ4v) is 3.14. The summed E-state index contributed by atoms with van der Waals surface area (Å²) in [5, 5.41) is 3.20. The molecule has 126 valence electrons. The molecule has 0 aliphatic carbocycles. The average Bonchev–Trinajstić information content (AvgIpc) is 2.63. The van der Waals surface area contributed by atoms with Crippen LogP contribution in [0.15, 0.2) is 48.9 Å². The number of nitrogens with zero attached hydrogens (tertiary/aromatic N) is 4. The van der Waals surface area contributed by atoms with Gasteiger partial charge < -0.3 is 16.0 Å². The number of nitrogens with one attached hydrogen (secondary N) is 1. The Labute approximate surface area is 146 Å². The molecular weight excluding hydrogens is 312 g/mol. The predicted octanol–water partition coefficient (Wildman–Crippen LogP) is 3.07. The molecule has 0 saturated heterocycles. The summed E-state index contributed by atoms with van der Waals surface area (Å²) in [6.45, 7) is 3.71. The van der Waals surface area contributed by atoms with Crippen LogP contribution in [0, 0.1) is 6.92 Å². The molecule has 1 aliphatic rings. The van der Waals surface area contributed by atoms with Crippen LogP contribution >= 0.6 is 0 Å². The van der Waals surface area contributed by atoms with Crippen LogP contribution in [-0.4, -0.2) is 21.5 Å². The van der Waals surface area contributed by atoms with Crippen molar-refractivity contribution in [1.29, 1.82) is 0 Å². The van der Waals surface area contributed by atoms with E-state index in [1.807, 2.05) is 19.1 Å². The van der Waals surface area contributed by atoms with Crippen molar-refractivity contribution in [3.8, 4) is 0 Å². The fraction of sp³-hybridized carbons (Fsp3) is 0.211. The number of pyridine rings is 1. The third kappa shape index (κ3) is 3.10. The molecule has 0 bridgehead atoms. The van der Waals surface area contributed by atoms with E-state index in [0.717, 1.165) is 36.7 Å². The molecule has 0 unspecified atom stereocenters. The van der Waals surface area contributed by atoms with Gasteiger partial charge in [-0.2, -0.15) is 0 Å². The van der Waals surface area contributed by atoms with Crippen LogP contribution in [0.2, 0.25) is 0 Å². The summed E-state index contributed by atoms with van der Waals surface area (Å²) < 4.78 is 0. The lowest BCUT2D eigenvalue weighted by Crippen LogP contribution is -2.31. The van der Waals surface area contributed by atoms with Crippen molar-refractivity contribution in [3.05, 3.63) is 65.6 Å². The Morgan fingerprint density at radius 3 is 2.76 bits per heavy atom. The van der Waals surface area contributed by atoms with Crippen LogP contribution in [0.1, 0.15) is 16.7 Å². The largest absolute Gasteiger partial charge is 0.393 e. The van der Waals surface area contributed by atoms with Gasteiger partial charge in [0.25, 0.3) is 0 Å². The lowest BCUT2D eigenvalue weighted by Gasteiger charge is -2.30. The maximum atomic E-state index is 6.36. The second kappa shape index (κ2) is 6.39. The molecule has 0 spiro atoms. The Bertz CT molecular complexity index is 908. The van der Waals surface area contributed by atoms with Gasteiger partial charge in [-0.3, -0.25) is 0 Å². The Balaban J connectivity index is 1.61. The molecule has 1 aliphatic heterocycles. The van der Waals surface area contributed by atoms with E-state index in [4.69, 9.17) is 5.73 Å². The van der Waals surface area contributed by atoms with E-state index < -0.39 is 0 Å². The highest BCUT2D eigenvalue weighted by Gasteiger charge is 2.20. The van der Waals surface area contributed by atoms with Gasteiger partial charge >= 0.3 is 0 Å². The van der Waals surface area contributed by atoms with E-state index in [1.54, 1.807) is 12.5 Å². The van der Waals surface area contributed by atoms with Crippen molar-refractivity contribution in [2.45, 2.75) is 19.9 Å². The van der Waals surface area contributed by atoms with E-state index in [-0.39, 0.29) is 0 Å². The number of nitrogens with two attached hydrogens (primary N) is 1. The van der Waals surface area contributed by atoms with E-state index in [1.165, 1.54) is 11.1 Å². The molecule has 4 rings (SSSR count). The highest BCUT2D eigenvalue weighted by molar-refractivity contribution is 5.77. The van der Waals surface area contributed by atoms with Gasteiger partial charge in [0.1, 0.15) is 17.8 Å². The predicted molar refractivity (Wildman–Crippen MR) is 99.9 cm³/mol. The summed E-state index contributed by atoms with van der Waals surface area (Å²) in [4.78, 5) is 15.2. The van der Waals surface area contributed by atoms with Crippen LogP contribution in [0.4, 0.5) is 23.1 Å².